The Morgan fingerprint density at radius 1 is 1.47 bits per heavy atom. The molecule has 1 saturated carbocycles. The average molecular weight is 239 g/mol. The Kier molecular flexibility index (Phi) is 3.73. The summed E-state index contributed by atoms with van der Waals surface area (Å²) >= 11 is 0. The Labute approximate surface area is 104 Å². The van der Waals surface area contributed by atoms with Crippen LogP contribution in [0.5, 0.6) is 0 Å². The fourth-order valence-corrected chi connectivity index (χ4v) is 2.81. The molecule has 2 aliphatic rings. The lowest BCUT2D eigenvalue weighted by molar-refractivity contribution is -0.124. The third-order valence-electron chi connectivity index (χ3n) is 4.11. The summed E-state index contributed by atoms with van der Waals surface area (Å²) in [4.78, 5) is 14.1. The third-order valence-corrected chi connectivity index (χ3v) is 4.11. The van der Waals surface area contributed by atoms with Gasteiger partial charge in [0.25, 0.3) is 0 Å². The van der Waals surface area contributed by atoms with E-state index in [-0.39, 0.29) is 5.91 Å². The minimum atomic E-state index is -0.539. The molecule has 2 rings (SSSR count). The first-order valence-corrected chi connectivity index (χ1v) is 6.83. The Morgan fingerprint density at radius 2 is 2.06 bits per heavy atom. The fourth-order valence-electron chi connectivity index (χ4n) is 2.81. The largest absolute Gasteiger partial charge is 0.368 e. The van der Waals surface area contributed by atoms with E-state index in [1.54, 1.807) is 0 Å². The van der Waals surface area contributed by atoms with Gasteiger partial charge in [-0.3, -0.25) is 4.79 Å². The van der Waals surface area contributed by atoms with E-state index in [4.69, 9.17) is 5.73 Å². The predicted octanol–water partition coefficient (Wildman–Crippen LogP) is 0.857. The van der Waals surface area contributed by atoms with Crippen molar-refractivity contribution >= 4 is 5.91 Å². The van der Waals surface area contributed by atoms with Crippen molar-refractivity contribution in [3.05, 3.63) is 0 Å². The van der Waals surface area contributed by atoms with Crippen LogP contribution in [0, 0.1) is 0 Å². The normalized spacial score (nSPS) is 26.7. The zero-order valence-electron chi connectivity index (χ0n) is 11.0. The number of carbonyl (C=O) groups is 1. The van der Waals surface area contributed by atoms with Crippen molar-refractivity contribution in [1.82, 2.24) is 10.2 Å². The van der Waals surface area contributed by atoms with Crippen molar-refractivity contribution in [1.29, 1.82) is 0 Å². The third kappa shape index (κ3) is 3.19. The second kappa shape index (κ2) is 4.94. The van der Waals surface area contributed by atoms with Crippen molar-refractivity contribution in [2.75, 3.05) is 13.1 Å². The lowest BCUT2D eigenvalue weighted by Crippen LogP contribution is -2.56. The van der Waals surface area contributed by atoms with Crippen LogP contribution in [0.1, 0.15) is 46.0 Å². The summed E-state index contributed by atoms with van der Waals surface area (Å²) in [6, 6.07) is 0.944. The van der Waals surface area contributed by atoms with Gasteiger partial charge in [0, 0.05) is 12.1 Å². The van der Waals surface area contributed by atoms with E-state index >= 15 is 0 Å². The number of hydrogen-bond donors (Lipinski definition) is 2. The van der Waals surface area contributed by atoms with Crippen LogP contribution in [0.3, 0.4) is 0 Å². The van der Waals surface area contributed by atoms with Crippen LogP contribution >= 0.6 is 0 Å². The second-order valence-corrected chi connectivity index (χ2v) is 5.91. The summed E-state index contributed by atoms with van der Waals surface area (Å²) in [5.41, 5.74) is 5.04. The molecule has 0 aromatic rings. The first-order valence-electron chi connectivity index (χ1n) is 6.83. The molecule has 0 radical (unpaired) electrons. The molecule has 17 heavy (non-hydrogen) atoms. The monoisotopic (exact) mass is 239 g/mol. The number of amides is 1. The van der Waals surface area contributed by atoms with Gasteiger partial charge >= 0.3 is 0 Å². The molecule has 0 spiro atoms. The van der Waals surface area contributed by atoms with Crippen LogP contribution < -0.4 is 11.1 Å². The summed E-state index contributed by atoms with van der Waals surface area (Å²) in [6.45, 7) is 6.50. The topological polar surface area (TPSA) is 58.4 Å². The average Bonchev–Trinajstić information content (AvgIpc) is 2.89. The number of nitrogens with one attached hydrogen (secondary N) is 1. The van der Waals surface area contributed by atoms with Gasteiger partial charge in [-0.15, -0.1) is 0 Å². The molecular formula is C13H25N3O. The van der Waals surface area contributed by atoms with Gasteiger partial charge in [-0.2, -0.15) is 0 Å². The quantitative estimate of drug-likeness (QED) is 0.722. The number of carbonyl (C=O) groups excluding carboxylic acids is 1. The van der Waals surface area contributed by atoms with E-state index in [1.165, 1.54) is 38.8 Å². The molecule has 1 aliphatic carbocycles. The molecule has 0 bridgehead atoms. The summed E-state index contributed by atoms with van der Waals surface area (Å²) in [5, 5.41) is 3.42. The highest BCUT2D eigenvalue weighted by molar-refractivity contribution is 5.84. The Hall–Kier alpha value is -0.610. The standard InChI is InChI=1S/C13H25N3O/c1-10(16-7-3-4-8-16)9-13(2,12(14)17)15-11-5-6-11/h10-11,15H,3-9H2,1-2H3,(H2,14,17). The van der Waals surface area contributed by atoms with Crippen molar-refractivity contribution in [3.63, 3.8) is 0 Å². The van der Waals surface area contributed by atoms with Crippen LogP contribution in [-0.2, 0) is 4.79 Å². The highest BCUT2D eigenvalue weighted by atomic mass is 16.1. The lowest BCUT2D eigenvalue weighted by atomic mass is 9.92. The zero-order valence-corrected chi connectivity index (χ0v) is 11.0. The van der Waals surface area contributed by atoms with Crippen molar-refractivity contribution in [2.45, 2.75) is 63.6 Å². The summed E-state index contributed by atoms with van der Waals surface area (Å²) < 4.78 is 0. The molecule has 4 nitrogen and oxygen atoms in total. The maximum Gasteiger partial charge on any atom is 0.237 e. The molecule has 1 amide bonds. The molecule has 1 aliphatic heterocycles. The molecule has 1 saturated heterocycles. The number of hydrogen-bond acceptors (Lipinski definition) is 3. The van der Waals surface area contributed by atoms with Gasteiger partial charge in [0.1, 0.15) is 0 Å². The maximum absolute atomic E-state index is 11.7. The Balaban J connectivity index is 1.93. The zero-order chi connectivity index (χ0) is 12.5. The summed E-state index contributed by atoms with van der Waals surface area (Å²) in [7, 11) is 0. The number of primary amides is 1. The SMILES string of the molecule is CC(CC(C)(NC1CC1)C(N)=O)N1CCCC1. The van der Waals surface area contributed by atoms with Crippen molar-refractivity contribution < 1.29 is 4.79 Å². The molecule has 1 heterocycles. The summed E-state index contributed by atoms with van der Waals surface area (Å²) in [6.07, 6.45) is 5.75. The van der Waals surface area contributed by atoms with Gasteiger partial charge < -0.3 is 16.0 Å². The minimum Gasteiger partial charge on any atom is -0.368 e. The van der Waals surface area contributed by atoms with E-state index < -0.39 is 5.54 Å². The fraction of sp³-hybridized carbons (Fsp3) is 0.923. The van der Waals surface area contributed by atoms with Crippen LogP contribution in [0.25, 0.3) is 0 Å². The van der Waals surface area contributed by atoms with E-state index in [9.17, 15) is 4.79 Å². The predicted molar refractivity (Wildman–Crippen MR) is 68.6 cm³/mol. The van der Waals surface area contributed by atoms with Crippen LogP contribution in [-0.4, -0.2) is 41.5 Å². The van der Waals surface area contributed by atoms with E-state index in [2.05, 4.69) is 17.1 Å². The van der Waals surface area contributed by atoms with E-state index in [0.29, 0.717) is 12.1 Å². The highest BCUT2D eigenvalue weighted by Crippen LogP contribution is 2.26. The van der Waals surface area contributed by atoms with Gasteiger partial charge in [-0.1, -0.05) is 0 Å². The molecule has 0 aromatic carbocycles. The van der Waals surface area contributed by atoms with Gasteiger partial charge in [-0.25, -0.2) is 0 Å². The smallest absolute Gasteiger partial charge is 0.237 e. The molecule has 2 atom stereocenters. The number of likely N-dealkylation sites (tertiary alicyclic amines) is 1. The van der Waals surface area contributed by atoms with Gasteiger partial charge in [0.05, 0.1) is 5.54 Å². The number of rotatable bonds is 6. The molecule has 0 aromatic heterocycles. The van der Waals surface area contributed by atoms with Gasteiger partial charge in [0.2, 0.25) is 5.91 Å². The lowest BCUT2D eigenvalue weighted by Gasteiger charge is -2.34. The van der Waals surface area contributed by atoms with E-state index in [1.807, 2.05) is 6.92 Å². The second-order valence-electron chi connectivity index (χ2n) is 5.91. The summed E-state index contributed by atoms with van der Waals surface area (Å²) in [5.74, 6) is -0.213. The van der Waals surface area contributed by atoms with Crippen LogP contribution in [0.2, 0.25) is 0 Å². The van der Waals surface area contributed by atoms with Crippen molar-refractivity contribution in [2.24, 2.45) is 5.73 Å². The molecule has 98 valence electrons. The number of nitrogens with two attached hydrogens (primary N) is 1. The molecule has 3 N–H and O–H groups in total. The maximum atomic E-state index is 11.7. The molecule has 4 heteroatoms. The van der Waals surface area contributed by atoms with Crippen LogP contribution in [0.4, 0.5) is 0 Å². The highest BCUT2D eigenvalue weighted by Gasteiger charge is 2.39. The van der Waals surface area contributed by atoms with Crippen molar-refractivity contribution in [3.8, 4) is 0 Å². The first kappa shape index (κ1) is 12.8. The van der Waals surface area contributed by atoms with Gasteiger partial charge in [-0.05, 0) is 59.0 Å². The van der Waals surface area contributed by atoms with Crippen LogP contribution in [0.15, 0.2) is 0 Å². The van der Waals surface area contributed by atoms with Gasteiger partial charge in [0.15, 0.2) is 0 Å². The van der Waals surface area contributed by atoms with E-state index in [0.717, 1.165) is 6.42 Å². The molecular weight excluding hydrogens is 214 g/mol. The molecule has 2 fully saturated rings. The molecule has 2 unspecified atom stereocenters. The Morgan fingerprint density at radius 3 is 2.53 bits per heavy atom. The Bertz CT molecular complexity index is 284. The minimum absolute atomic E-state index is 0.213. The number of nitrogens with zero attached hydrogens (tertiary/aromatic N) is 1. The first-order chi connectivity index (χ1) is 8.01.